The van der Waals surface area contributed by atoms with Gasteiger partial charge < -0.3 is 10.1 Å². The van der Waals surface area contributed by atoms with Gasteiger partial charge in [0.05, 0.1) is 5.60 Å². The fourth-order valence-electron chi connectivity index (χ4n) is 1.67. The Morgan fingerprint density at radius 3 is 1.77 bits per heavy atom. The van der Waals surface area contributed by atoms with Gasteiger partial charge in [-0.25, -0.2) is 9.59 Å². The Labute approximate surface area is 157 Å². The van der Waals surface area contributed by atoms with Gasteiger partial charge in [-0.3, -0.25) is 9.73 Å². The van der Waals surface area contributed by atoms with Crippen molar-refractivity contribution < 1.29 is 28.9 Å². The Morgan fingerprint density at radius 1 is 0.769 bits per heavy atom. The van der Waals surface area contributed by atoms with Crippen molar-refractivity contribution in [2.24, 2.45) is 0 Å². The van der Waals surface area contributed by atoms with Gasteiger partial charge in [0.15, 0.2) is 0 Å². The summed E-state index contributed by atoms with van der Waals surface area (Å²) in [6.07, 6.45) is -0.155. The van der Waals surface area contributed by atoms with Crippen LogP contribution in [-0.2, 0) is 19.3 Å². The largest absolute Gasteiger partial charge is 0.442 e. The third-order valence-electron chi connectivity index (χ3n) is 2.97. The van der Waals surface area contributed by atoms with Crippen molar-refractivity contribution in [3.05, 3.63) is 0 Å². The topological polar surface area (TPSA) is 95.1 Å². The van der Waals surface area contributed by atoms with Gasteiger partial charge in [0.1, 0.15) is 11.2 Å². The second-order valence-corrected chi connectivity index (χ2v) is 9.54. The molecule has 0 fully saturated rings. The average Bonchev–Trinajstić information content (AvgIpc) is 2.38. The minimum Gasteiger partial charge on any atom is -0.442 e. The number of hydrogen-bond donors (Lipinski definition) is 2. The summed E-state index contributed by atoms with van der Waals surface area (Å²) < 4.78 is 5.12. The Balaban J connectivity index is 4.37. The maximum atomic E-state index is 11.8. The molecule has 8 heteroatoms. The highest BCUT2D eigenvalue weighted by molar-refractivity contribution is 5.67. The van der Waals surface area contributed by atoms with E-state index in [0.29, 0.717) is 12.8 Å². The number of ether oxygens (including phenoxy) is 1. The molecule has 2 amide bonds. The zero-order valence-corrected chi connectivity index (χ0v) is 17.9. The molecule has 0 aliphatic carbocycles. The van der Waals surface area contributed by atoms with Crippen LogP contribution >= 0.6 is 0 Å². The van der Waals surface area contributed by atoms with E-state index in [1.54, 1.807) is 41.5 Å². The highest BCUT2D eigenvalue weighted by Crippen LogP contribution is 2.22. The van der Waals surface area contributed by atoms with Crippen molar-refractivity contribution in [3.8, 4) is 0 Å². The Morgan fingerprint density at radius 2 is 1.31 bits per heavy atom. The van der Waals surface area contributed by atoms with Crippen LogP contribution in [0.3, 0.4) is 0 Å². The predicted molar refractivity (Wildman–Crippen MR) is 98.3 cm³/mol. The lowest BCUT2D eigenvalue weighted by Crippen LogP contribution is -2.46. The van der Waals surface area contributed by atoms with Crippen molar-refractivity contribution in [1.82, 2.24) is 10.8 Å². The highest BCUT2D eigenvalue weighted by Gasteiger charge is 2.29. The molecule has 2 N–H and O–H groups in total. The lowest BCUT2D eigenvalue weighted by molar-refractivity contribution is -0.301. The third-order valence-corrected chi connectivity index (χ3v) is 2.97. The van der Waals surface area contributed by atoms with Crippen molar-refractivity contribution >= 4 is 12.2 Å². The Kier molecular flexibility index (Phi) is 8.38. The first-order chi connectivity index (χ1) is 11.4. The van der Waals surface area contributed by atoms with Gasteiger partial charge in [-0.05, 0) is 82.1 Å². The summed E-state index contributed by atoms with van der Waals surface area (Å²) in [5.74, 6) is 0. The first-order valence-corrected chi connectivity index (χ1v) is 8.76. The van der Waals surface area contributed by atoms with Crippen LogP contribution in [-0.4, -0.2) is 34.5 Å². The van der Waals surface area contributed by atoms with Gasteiger partial charge in [-0.15, -0.1) is 0 Å². The Hall–Kier alpha value is -1.54. The predicted octanol–water partition coefficient (Wildman–Crippen LogP) is 4.24. The number of carbonyl (C=O) groups is 2. The molecular formula is C18H36N2O6. The molecule has 0 aliphatic rings. The molecule has 8 nitrogen and oxygen atoms in total. The van der Waals surface area contributed by atoms with Gasteiger partial charge in [-0.1, -0.05) is 0 Å². The van der Waals surface area contributed by atoms with Gasteiger partial charge in [-0.2, -0.15) is 10.4 Å². The number of carbonyl (C=O) groups excluding carboxylic acids is 2. The number of rotatable bonds is 7. The molecule has 0 aromatic carbocycles. The molecule has 154 valence electrons. The maximum absolute atomic E-state index is 11.8. The summed E-state index contributed by atoms with van der Waals surface area (Å²) >= 11 is 0. The third kappa shape index (κ3) is 13.7. The lowest BCUT2D eigenvalue weighted by atomic mass is 9.92. The van der Waals surface area contributed by atoms with E-state index in [4.69, 9.17) is 19.3 Å². The molecule has 0 aromatic rings. The smallest absolute Gasteiger partial charge is 0.439 e. The van der Waals surface area contributed by atoms with Gasteiger partial charge >= 0.3 is 12.2 Å². The minimum atomic E-state index is -0.657. The summed E-state index contributed by atoms with van der Waals surface area (Å²) in [5, 5.41) is 2.74. The van der Waals surface area contributed by atoms with Crippen LogP contribution < -0.4 is 10.8 Å². The first-order valence-electron chi connectivity index (χ1n) is 8.76. The number of hydroxylamine groups is 1. The molecule has 0 bridgehead atoms. The van der Waals surface area contributed by atoms with E-state index in [0.717, 1.165) is 0 Å². The average molecular weight is 376 g/mol. The number of amides is 2. The van der Waals surface area contributed by atoms with Crippen molar-refractivity contribution in [3.63, 3.8) is 0 Å². The zero-order valence-electron chi connectivity index (χ0n) is 17.9. The van der Waals surface area contributed by atoms with E-state index in [1.165, 1.54) is 0 Å². The zero-order chi connectivity index (χ0) is 20.8. The maximum Gasteiger partial charge on any atom is 0.439 e. The summed E-state index contributed by atoms with van der Waals surface area (Å²) in [4.78, 5) is 38.6. The standard InChI is InChI=1S/C18H36N2O6/c1-15(2,3)23-14(22)20-25-18(9,10)12-11-17(7,8)19-13(21)24-26-16(4,5)6/h11-12H2,1-10H3,(H,19,21)(H,20,22). The molecule has 0 rings (SSSR count). The van der Waals surface area contributed by atoms with Gasteiger partial charge in [0.2, 0.25) is 0 Å². The molecule has 0 unspecified atom stereocenters. The minimum absolute atomic E-state index is 0.551. The van der Waals surface area contributed by atoms with Crippen molar-refractivity contribution in [2.75, 3.05) is 0 Å². The Bertz CT molecular complexity index is 475. The van der Waals surface area contributed by atoms with E-state index < -0.39 is 34.5 Å². The number of hydrogen-bond acceptors (Lipinski definition) is 6. The molecule has 0 heterocycles. The number of nitrogens with one attached hydrogen (secondary N) is 2. The van der Waals surface area contributed by atoms with E-state index >= 15 is 0 Å². The summed E-state index contributed by atoms with van der Waals surface area (Å²) in [6.45, 7) is 18.1. The molecule has 0 atom stereocenters. The molecule has 0 spiro atoms. The van der Waals surface area contributed by atoms with Crippen LogP contribution in [0.25, 0.3) is 0 Å². The van der Waals surface area contributed by atoms with E-state index in [1.807, 2.05) is 27.7 Å². The van der Waals surface area contributed by atoms with E-state index in [2.05, 4.69) is 10.8 Å². The van der Waals surface area contributed by atoms with Gasteiger partial charge in [0, 0.05) is 5.54 Å². The van der Waals surface area contributed by atoms with E-state index in [-0.39, 0.29) is 0 Å². The summed E-state index contributed by atoms with van der Waals surface area (Å²) in [5.41, 5.74) is -0.0786. The molecule has 26 heavy (non-hydrogen) atoms. The van der Waals surface area contributed by atoms with Crippen LogP contribution in [0.4, 0.5) is 9.59 Å². The first kappa shape index (κ1) is 24.5. The fourth-order valence-corrected chi connectivity index (χ4v) is 1.67. The SMILES string of the molecule is CC(C)(CCC(C)(C)ONC(=O)OC(C)(C)C)NC(=O)OOC(C)(C)C. The quantitative estimate of drug-likeness (QED) is 0.510. The second-order valence-electron chi connectivity index (χ2n) is 9.54. The van der Waals surface area contributed by atoms with Crippen molar-refractivity contribution in [1.29, 1.82) is 0 Å². The lowest BCUT2D eigenvalue weighted by Gasteiger charge is -2.31. The molecule has 0 aromatic heterocycles. The highest BCUT2D eigenvalue weighted by atomic mass is 17.2. The molecule has 0 saturated heterocycles. The van der Waals surface area contributed by atoms with Crippen LogP contribution in [0.2, 0.25) is 0 Å². The van der Waals surface area contributed by atoms with Gasteiger partial charge in [0.25, 0.3) is 0 Å². The molecule has 0 aliphatic heterocycles. The second kappa shape index (κ2) is 8.90. The summed E-state index contributed by atoms with van der Waals surface area (Å²) in [6, 6.07) is 0. The van der Waals surface area contributed by atoms with Crippen LogP contribution in [0.15, 0.2) is 0 Å². The monoisotopic (exact) mass is 376 g/mol. The summed E-state index contributed by atoms with van der Waals surface area (Å²) in [7, 11) is 0. The normalized spacial score (nSPS) is 13.2. The van der Waals surface area contributed by atoms with Crippen molar-refractivity contribution in [2.45, 2.75) is 104 Å². The fraction of sp³-hybridized carbons (Fsp3) is 0.889. The van der Waals surface area contributed by atoms with Crippen LogP contribution in [0, 0.1) is 0 Å². The van der Waals surface area contributed by atoms with E-state index in [9.17, 15) is 9.59 Å². The van der Waals surface area contributed by atoms with Crippen LogP contribution in [0.5, 0.6) is 0 Å². The molecule has 0 radical (unpaired) electrons. The molecule has 0 saturated carbocycles. The van der Waals surface area contributed by atoms with Crippen LogP contribution in [0.1, 0.15) is 82.1 Å². The molecular weight excluding hydrogens is 340 g/mol.